The molecule has 0 heterocycles. The van der Waals surface area contributed by atoms with Crippen molar-refractivity contribution in [1.29, 1.82) is 0 Å². The molecular weight excluding hydrogens is 214 g/mol. The molecule has 3 heteroatoms. The van der Waals surface area contributed by atoms with E-state index in [2.05, 4.69) is 0 Å². The highest BCUT2D eigenvalue weighted by molar-refractivity contribution is 5.45. The van der Waals surface area contributed by atoms with E-state index in [1.54, 1.807) is 0 Å². The van der Waals surface area contributed by atoms with Crippen LogP contribution in [0.5, 0.6) is 0 Å². The summed E-state index contributed by atoms with van der Waals surface area (Å²) >= 11 is 0. The fraction of sp³-hybridized carbons (Fsp3) is 0.571. The molecule has 1 rings (SSSR count). The lowest BCUT2D eigenvalue weighted by Gasteiger charge is -2.22. The SMILES string of the molecule is CC.CC.OCCN(CCO)c1ccccc1. The predicted molar refractivity (Wildman–Crippen MR) is 75.5 cm³/mol. The second-order valence-corrected chi connectivity index (χ2v) is 2.77. The van der Waals surface area contributed by atoms with Crippen LogP contribution in [0, 0.1) is 0 Å². The maximum atomic E-state index is 8.80. The van der Waals surface area contributed by atoms with Crippen molar-refractivity contribution in [1.82, 2.24) is 0 Å². The first-order chi connectivity index (χ1) is 8.38. The molecule has 3 nitrogen and oxygen atoms in total. The Balaban J connectivity index is 0. The second-order valence-electron chi connectivity index (χ2n) is 2.77. The first-order valence-electron chi connectivity index (χ1n) is 6.40. The van der Waals surface area contributed by atoms with Gasteiger partial charge in [-0.25, -0.2) is 0 Å². The summed E-state index contributed by atoms with van der Waals surface area (Å²) < 4.78 is 0. The van der Waals surface area contributed by atoms with Crippen LogP contribution in [0.25, 0.3) is 0 Å². The van der Waals surface area contributed by atoms with Gasteiger partial charge >= 0.3 is 0 Å². The summed E-state index contributed by atoms with van der Waals surface area (Å²) in [5.74, 6) is 0. The van der Waals surface area contributed by atoms with Crippen molar-refractivity contribution in [2.24, 2.45) is 0 Å². The van der Waals surface area contributed by atoms with Crippen LogP contribution >= 0.6 is 0 Å². The van der Waals surface area contributed by atoms with E-state index in [-0.39, 0.29) is 13.2 Å². The Morgan fingerprint density at radius 2 is 1.24 bits per heavy atom. The molecule has 0 saturated carbocycles. The summed E-state index contributed by atoms with van der Waals surface area (Å²) in [4.78, 5) is 1.94. The summed E-state index contributed by atoms with van der Waals surface area (Å²) in [6, 6.07) is 9.75. The first-order valence-corrected chi connectivity index (χ1v) is 6.40. The molecule has 0 aliphatic carbocycles. The molecule has 0 amide bonds. The smallest absolute Gasteiger partial charge is 0.0606 e. The van der Waals surface area contributed by atoms with E-state index in [0.717, 1.165) is 5.69 Å². The highest BCUT2D eigenvalue weighted by Crippen LogP contribution is 2.11. The van der Waals surface area contributed by atoms with Gasteiger partial charge in [0.15, 0.2) is 0 Å². The third kappa shape index (κ3) is 8.72. The highest BCUT2D eigenvalue weighted by Gasteiger charge is 2.02. The van der Waals surface area contributed by atoms with E-state index in [1.165, 1.54) is 0 Å². The number of hydrogen-bond acceptors (Lipinski definition) is 3. The molecule has 0 bridgehead atoms. The molecule has 0 aliphatic rings. The summed E-state index contributed by atoms with van der Waals surface area (Å²) in [6.45, 7) is 9.33. The Kier molecular flexibility index (Phi) is 16.1. The molecule has 0 unspecified atom stereocenters. The summed E-state index contributed by atoms with van der Waals surface area (Å²) in [7, 11) is 0. The molecule has 0 fully saturated rings. The van der Waals surface area contributed by atoms with Crippen LogP contribution < -0.4 is 4.90 Å². The summed E-state index contributed by atoms with van der Waals surface area (Å²) in [5.41, 5.74) is 1.03. The first kappa shape index (κ1) is 18.3. The van der Waals surface area contributed by atoms with Crippen LogP contribution in [0.4, 0.5) is 5.69 Å². The third-order valence-electron chi connectivity index (χ3n) is 1.86. The van der Waals surface area contributed by atoms with Crippen LogP contribution in [-0.2, 0) is 0 Å². The van der Waals surface area contributed by atoms with Gasteiger partial charge < -0.3 is 15.1 Å². The minimum atomic E-state index is 0.106. The average Bonchev–Trinajstić information content (AvgIpc) is 2.44. The molecule has 100 valence electrons. The van der Waals surface area contributed by atoms with Gasteiger partial charge in [0.05, 0.1) is 13.2 Å². The van der Waals surface area contributed by atoms with Crippen LogP contribution in [-0.4, -0.2) is 36.5 Å². The van der Waals surface area contributed by atoms with Gasteiger partial charge in [0, 0.05) is 18.8 Å². The maximum Gasteiger partial charge on any atom is 0.0606 e. The van der Waals surface area contributed by atoms with Gasteiger partial charge in [0.25, 0.3) is 0 Å². The lowest BCUT2D eigenvalue weighted by Crippen LogP contribution is -2.29. The number of aliphatic hydroxyl groups is 2. The lowest BCUT2D eigenvalue weighted by atomic mass is 10.3. The summed E-state index contributed by atoms with van der Waals surface area (Å²) in [5, 5.41) is 17.6. The monoisotopic (exact) mass is 241 g/mol. The fourth-order valence-corrected chi connectivity index (χ4v) is 1.25. The minimum absolute atomic E-state index is 0.106. The van der Waals surface area contributed by atoms with Crippen LogP contribution in [0.1, 0.15) is 27.7 Å². The van der Waals surface area contributed by atoms with Gasteiger partial charge in [-0.1, -0.05) is 45.9 Å². The predicted octanol–water partition coefficient (Wildman–Crippen LogP) is 2.53. The normalized spacial score (nSPS) is 8.35. The Morgan fingerprint density at radius 3 is 1.59 bits per heavy atom. The van der Waals surface area contributed by atoms with E-state index in [9.17, 15) is 0 Å². The van der Waals surface area contributed by atoms with Crippen molar-refractivity contribution >= 4 is 5.69 Å². The Hall–Kier alpha value is -1.06. The quantitative estimate of drug-likeness (QED) is 0.832. The molecule has 1 aromatic rings. The average molecular weight is 241 g/mol. The Morgan fingerprint density at radius 1 is 0.824 bits per heavy atom. The molecule has 0 aliphatic heterocycles. The van der Waals surface area contributed by atoms with Crippen molar-refractivity contribution in [3.05, 3.63) is 30.3 Å². The minimum Gasteiger partial charge on any atom is -0.395 e. The molecule has 0 radical (unpaired) electrons. The molecule has 0 atom stereocenters. The number of aliphatic hydroxyl groups excluding tert-OH is 2. The zero-order chi connectivity index (χ0) is 13.5. The van der Waals surface area contributed by atoms with E-state index < -0.39 is 0 Å². The van der Waals surface area contributed by atoms with Gasteiger partial charge in [0.1, 0.15) is 0 Å². The zero-order valence-corrected chi connectivity index (χ0v) is 11.6. The molecule has 0 aromatic heterocycles. The number of rotatable bonds is 5. The fourth-order valence-electron chi connectivity index (χ4n) is 1.25. The molecule has 1 aromatic carbocycles. The number of para-hydroxylation sites is 1. The molecular formula is C14H27NO2. The second kappa shape index (κ2) is 14.9. The van der Waals surface area contributed by atoms with Crippen LogP contribution in [0.15, 0.2) is 30.3 Å². The van der Waals surface area contributed by atoms with Crippen LogP contribution in [0.3, 0.4) is 0 Å². The van der Waals surface area contributed by atoms with E-state index in [4.69, 9.17) is 10.2 Å². The van der Waals surface area contributed by atoms with Crippen molar-refractivity contribution in [3.63, 3.8) is 0 Å². The van der Waals surface area contributed by atoms with Crippen molar-refractivity contribution in [2.45, 2.75) is 27.7 Å². The Labute approximate surface area is 106 Å². The molecule has 17 heavy (non-hydrogen) atoms. The standard InChI is InChI=1S/C10H15NO2.2C2H6/c12-8-6-11(7-9-13)10-4-2-1-3-5-10;2*1-2/h1-5,12-13H,6-9H2;2*1-2H3. The molecule has 2 N–H and O–H groups in total. The van der Waals surface area contributed by atoms with Crippen molar-refractivity contribution < 1.29 is 10.2 Å². The number of benzene rings is 1. The van der Waals surface area contributed by atoms with Crippen LogP contribution in [0.2, 0.25) is 0 Å². The highest BCUT2D eigenvalue weighted by atomic mass is 16.3. The zero-order valence-electron chi connectivity index (χ0n) is 11.6. The third-order valence-corrected chi connectivity index (χ3v) is 1.86. The lowest BCUT2D eigenvalue weighted by molar-refractivity contribution is 0.281. The summed E-state index contributed by atoms with van der Waals surface area (Å²) in [6.07, 6.45) is 0. The molecule has 0 spiro atoms. The topological polar surface area (TPSA) is 43.7 Å². The number of anilines is 1. The van der Waals surface area contributed by atoms with Gasteiger partial charge in [-0.2, -0.15) is 0 Å². The van der Waals surface area contributed by atoms with Gasteiger partial charge in [0.2, 0.25) is 0 Å². The van der Waals surface area contributed by atoms with E-state index in [1.807, 2.05) is 62.9 Å². The molecule has 0 saturated heterocycles. The van der Waals surface area contributed by atoms with Gasteiger partial charge in [-0.05, 0) is 12.1 Å². The van der Waals surface area contributed by atoms with E-state index >= 15 is 0 Å². The largest absolute Gasteiger partial charge is 0.395 e. The Bertz CT molecular complexity index is 221. The van der Waals surface area contributed by atoms with Gasteiger partial charge in [-0.3, -0.25) is 0 Å². The van der Waals surface area contributed by atoms with Crippen molar-refractivity contribution in [2.75, 3.05) is 31.2 Å². The van der Waals surface area contributed by atoms with E-state index in [0.29, 0.717) is 13.1 Å². The van der Waals surface area contributed by atoms with Gasteiger partial charge in [-0.15, -0.1) is 0 Å². The maximum absolute atomic E-state index is 8.80. The number of hydrogen-bond donors (Lipinski definition) is 2. The number of nitrogens with zero attached hydrogens (tertiary/aromatic N) is 1. The van der Waals surface area contributed by atoms with Crippen molar-refractivity contribution in [3.8, 4) is 0 Å².